The first-order valence-electron chi connectivity index (χ1n) is 7.79. The Labute approximate surface area is 127 Å². The second kappa shape index (κ2) is 7.25. The molecular weight excluding hydrogens is 266 g/mol. The molecule has 4 heteroatoms. The van der Waals surface area contributed by atoms with Gasteiger partial charge in [0.1, 0.15) is 5.75 Å². The molecule has 1 atom stereocenters. The van der Waals surface area contributed by atoms with Crippen molar-refractivity contribution in [3.63, 3.8) is 0 Å². The maximum absolute atomic E-state index is 10.4. The van der Waals surface area contributed by atoms with E-state index in [1.807, 2.05) is 26.0 Å². The molecule has 2 N–H and O–H groups in total. The van der Waals surface area contributed by atoms with Gasteiger partial charge < -0.3 is 19.9 Å². The largest absolute Gasteiger partial charge is 0.491 e. The van der Waals surface area contributed by atoms with Crippen molar-refractivity contribution in [3.05, 3.63) is 29.8 Å². The fourth-order valence-corrected chi connectivity index (χ4v) is 2.50. The fourth-order valence-electron chi connectivity index (χ4n) is 2.50. The topological polar surface area (TPSA) is 50.7 Å². The van der Waals surface area contributed by atoms with Gasteiger partial charge in [-0.1, -0.05) is 12.1 Å². The maximum Gasteiger partial charge on any atom is 0.119 e. The first-order valence-corrected chi connectivity index (χ1v) is 7.79. The van der Waals surface area contributed by atoms with Crippen molar-refractivity contribution in [2.75, 3.05) is 19.8 Å². The Bertz CT molecular complexity index is 424. The van der Waals surface area contributed by atoms with Crippen LogP contribution in [0.3, 0.4) is 0 Å². The first kappa shape index (κ1) is 16.3. The van der Waals surface area contributed by atoms with Gasteiger partial charge in [-0.2, -0.15) is 0 Å². The van der Waals surface area contributed by atoms with Gasteiger partial charge in [0.25, 0.3) is 0 Å². The Kier molecular flexibility index (Phi) is 5.62. The molecule has 0 spiro atoms. The Hall–Kier alpha value is -1.10. The van der Waals surface area contributed by atoms with Crippen LogP contribution in [0.1, 0.15) is 45.2 Å². The van der Waals surface area contributed by atoms with E-state index in [1.54, 1.807) is 0 Å². The van der Waals surface area contributed by atoms with Crippen molar-refractivity contribution in [1.82, 2.24) is 5.32 Å². The molecule has 0 aromatic heterocycles. The Morgan fingerprint density at radius 3 is 2.38 bits per heavy atom. The quantitative estimate of drug-likeness (QED) is 0.846. The molecule has 1 aromatic rings. The lowest BCUT2D eigenvalue weighted by molar-refractivity contribution is -0.0626. The lowest BCUT2D eigenvalue weighted by Crippen LogP contribution is -2.45. The Morgan fingerprint density at radius 1 is 1.19 bits per heavy atom. The number of ether oxygens (including phenoxy) is 2. The van der Waals surface area contributed by atoms with Gasteiger partial charge in [0.05, 0.1) is 11.7 Å². The van der Waals surface area contributed by atoms with Gasteiger partial charge >= 0.3 is 0 Å². The van der Waals surface area contributed by atoms with Crippen LogP contribution in [0, 0.1) is 0 Å². The normalized spacial score (nSPS) is 19.5. The van der Waals surface area contributed by atoms with E-state index < -0.39 is 5.60 Å². The van der Waals surface area contributed by atoms with Crippen LogP contribution in [-0.4, -0.2) is 36.6 Å². The number of hydrogen-bond acceptors (Lipinski definition) is 4. The van der Waals surface area contributed by atoms with Gasteiger partial charge in [-0.15, -0.1) is 0 Å². The van der Waals surface area contributed by atoms with E-state index in [4.69, 9.17) is 9.47 Å². The van der Waals surface area contributed by atoms with Crippen LogP contribution in [0.2, 0.25) is 0 Å². The second-order valence-corrected chi connectivity index (χ2v) is 6.17. The van der Waals surface area contributed by atoms with Crippen molar-refractivity contribution in [1.29, 1.82) is 0 Å². The number of aliphatic hydroxyl groups is 1. The highest BCUT2D eigenvalue weighted by Gasteiger charge is 2.29. The van der Waals surface area contributed by atoms with Crippen molar-refractivity contribution >= 4 is 0 Å². The van der Waals surface area contributed by atoms with E-state index in [2.05, 4.69) is 24.4 Å². The van der Waals surface area contributed by atoms with Gasteiger partial charge in [-0.05, 0) is 38.5 Å². The molecule has 1 heterocycles. The third-order valence-electron chi connectivity index (χ3n) is 3.91. The zero-order valence-corrected chi connectivity index (χ0v) is 13.3. The van der Waals surface area contributed by atoms with E-state index in [0.29, 0.717) is 32.6 Å². The highest BCUT2D eigenvalue weighted by Crippen LogP contribution is 2.22. The van der Waals surface area contributed by atoms with E-state index in [9.17, 15) is 5.11 Å². The van der Waals surface area contributed by atoms with Crippen LogP contribution in [0.15, 0.2) is 24.3 Å². The molecule has 1 saturated heterocycles. The average molecular weight is 293 g/mol. The van der Waals surface area contributed by atoms with E-state index in [-0.39, 0.29) is 12.1 Å². The van der Waals surface area contributed by atoms with Gasteiger partial charge in [0.2, 0.25) is 0 Å². The van der Waals surface area contributed by atoms with Crippen molar-refractivity contribution in [2.45, 2.75) is 51.4 Å². The number of nitrogens with one attached hydrogen (secondary N) is 1. The summed E-state index contributed by atoms with van der Waals surface area (Å²) in [6, 6.07) is 8.34. The van der Waals surface area contributed by atoms with Crippen molar-refractivity contribution < 1.29 is 14.6 Å². The van der Waals surface area contributed by atoms with Crippen LogP contribution in [-0.2, 0) is 4.74 Å². The van der Waals surface area contributed by atoms with Crippen LogP contribution >= 0.6 is 0 Å². The van der Waals surface area contributed by atoms with E-state index in [0.717, 1.165) is 5.75 Å². The van der Waals surface area contributed by atoms with Gasteiger partial charge in [-0.25, -0.2) is 0 Å². The standard InChI is InChI=1S/C17H27NO3/c1-13(2)21-16-6-4-15(5-7-16)14(3)18-12-17(19)8-10-20-11-9-17/h4-7,13-14,18-19H,8-12H2,1-3H3. The fraction of sp³-hybridized carbons (Fsp3) is 0.647. The predicted molar refractivity (Wildman–Crippen MR) is 83.6 cm³/mol. The van der Waals surface area contributed by atoms with Gasteiger partial charge in [0, 0.05) is 38.6 Å². The molecule has 21 heavy (non-hydrogen) atoms. The molecule has 0 radical (unpaired) electrons. The van der Waals surface area contributed by atoms with Crippen molar-refractivity contribution in [2.24, 2.45) is 0 Å². The zero-order chi connectivity index (χ0) is 15.3. The molecule has 0 amide bonds. The molecule has 4 nitrogen and oxygen atoms in total. The molecule has 118 valence electrons. The number of rotatable bonds is 6. The summed E-state index contributed by atoms with van der Waals surface area (Å²) in [6.07, 6.45) is 1.59. The summed E-state index contributed by atoms with van der Waals surface area (Å²) in [4.78, 5) is 0. The molecule has 0 saturated carbocycles. The summed E-state index contributed by atoms with van der Waals surface area (Å²) in [7, 11) is 0. The van der Waals surface area contributed by atoms with Crippen LogP contribution in [0.5, 0.6) is 5.75 Å². The summed E-state index contributed by atoms with van der Waals surface area (Å²) < 4.78 is 10.9. The summed E-state index contributed by atoms with van der Waals surface area (Å²) in [5.41, 5.74) is 0.564. The molecule has 1 fully saturated rings. The summed E-state index contributed by atoms with van der Waals surface area (Å²) in [5.74, 6) is 0.893. The summed E-state index contributed by atoms with van der Waals surface area (Å²) in [6.45, 7) is 8.05. The molecule has 1 aliphatic rings. The minimum Gasteiger partial charge on any atom is -0.491 e. The maximum atomic E-state index is 10.4. The molecule has 0 bridgehead atoms. The number of hydrogen-bond donors (Lipinski definition) is 2. The minimum absolute atomic E-state index is 0.189. The lowest BCUT2D eigenvalue weighted by Gasteiger charge is -2.33. The Balaban J connectivity index is 1.86. The second-order valence-electron chi connectivity index (χ2n) is 6.17. The molecular formula is C17H27NO3. The first-order chi connectivity index (χ1) is 9.98. The van der Waals surface area contributed by atoms with Crippen LogP contribution < -0.4 is 10.1 Å². The molecule has 1 aliphatic heterocycles. The molecule has 1 unspecified atom stereocenters. The third kappa shape index (κ3) is 4.99. The number of benzene rings is 1. The minimum atomic E-state index is -0.632. The lowest BCUT2D eigenvalue weighted by atomic mass is 9.94. The highest BCUT2D eigenvalue weighted by atomic mass is 16.5. The van der Waals surface area contributed by atoms with Crippen LogP contribution in [0.4, 0.5) is 0 Å². The highest BCUT2D eigenvalue weighted by molar-refractivity contribution is 5.29. The van der Waals surface area contributed by atoms with E-state index in [1.165, 1.54) is 5.56 Å². The predicted octanol–water partition coefficient (Wildman–Crippen LogP) is 2.67. The van der Waals surface area contributed by atoms with E-state index >= 15 is 0 Å². The monoisotopic (exact) mass is 293 g/mol. The molecule has 0 aliphatic carbocycles. The third-order valence-corrected chi connectivity index (χ3v) is 3.91. The SMILES string of the molecule is CC(C)Oc1ccc(C(C)NCC2(O)CCOCC2)cc1. The average Bonchev–Trinajstić information content (AvgIpc) is 2.46. The van der Waals surface area contributed by atoms with Gasteiger partial charge in [-0.3, -0.25) is 0 Å². The Morgan fingerprint density at radius 2 is 1.81 bits per heavy atom. The smallest absolute Gasteiger partial charge is 0.119 e. The zero-order valence-electron chi connectivity index (χ0n) is 13.3. The summed E-state index contributed by atoms with van der Waals surface area (Å²) >= 11 is 0. The van der Waals surface area contributed by atoms with Crippen LogP contribution in [0.25, 0.3) is 0 Å². The molecule has 2 rings (SSSR count). The molecule has 1 aromatic carbocycles. The summed E-state index contributed by atoms with van der Waals surface area (Å²) in [5, 5.41) is 13.9. The van der Waals surface area contributed by atoms with Gasteiger partial charge in [0.15, 0.2) is 0 Å². The van der Waals surface area contributed by atoms with Crippen molar-refractivity contribution in [3.8, 4) is 5.75 Å².